The van der Waals surface area contributed by atoms with Crippen molar-refractivity contribution in [3.8, 4) is 28.6 Å². The molecule has 0 radical (unpaired) electrons. The van der Waals surface area contributed by atoms with Gasteiger partial charge in [0.1, 0.15) is 11.9 Å². The van der Waals surface area contributed by atoms with Crippen LogP contribution < -0.4 is 4.74 Å². The van der Waals surface area contributed by atoms with Gasteiger partial charge >= 0.3 is 0 Å². The average Bonchev–Trinajstić information content (AvgIpc) is 3.28. The summed E-state index contributed by atoms with van der Waals surface area (Å²) in [5.41, 5.74) is 1.84. The summed E-state index contributed by atoms with van der Waals surface area (Å²) in [5, 5.41) is 18.3. The smallest absolute Gasteiger partial charge is 0.233 e. The third-order valence-corrected chi connectivity index (χ3v) is 4.02. The van der Waals surface area contributed by atoms with Crippen molar-refractivity contribution in [2.24, 2.45) is 0 Å². The van der Waals surface area contributed by atoms with Gasteiger partial charge in [-0.3, -0.25) is 0 Å². The van der Waals surface area contributed by atoms with E-state index in [1.807, 2.05) is 6.07 Å². The van der Waals surface area contributed by atoms with Crippen LogP contribution >= 0.6 is 0 Å². The summed E-state index contributed by atoms with van der Waals surface area (Å²) in [6.07, 6.45) is 7.16. The molecule has 0 spiro atoms. The second-order valence-electron chi connectivity index (χ2n) is 5.69. The first-order valence-corrected chi connectivity index (χ1v) is 7.83. The number of imidazole rings is 1. The zero-order valence-corrected chi connectivity index (χ0v) is 13.2. The normalized spacial score (nSPS) is 19.2. The SMILES string of the molecule is Oc1cc(-n2ccnc2)ccc1-c1ccc(O[C@H]2CC=C[C@@H]2F)nn1. The molecule has 7 heteroatoms. The summed E-state index contributed by atoms with van der Waals surface area (Å²) < 4.78 is 20.8. The number of rotatable bonds is 4. The first-order valence-electron chi connectivity index (χ1n) is 7.83. The van der Waals surface area contributed by atoms with Crippen LogP contribution in [0.5, 0.6) is 11.6 Å². The highest BCUT2D eigenvalue weighted by atomic mass is 19.1. The molecule has 1 aromatic carbocycles. The fraction of sp³-hybridized carbons (Fsp3) is 0.167. The molecule has 2 atom stereocenters. The van der Waals surface area contributed by atoms with Gasteiger partial charge in [-0.05, 0) is 18.2 Å². The summed E-state index contributed by atoms with van der Waals surface area (Å²) >= 11 is 0. The van der Waals surface area contributed by atoms with Crippen molar-refractivity contribution in [1.82, 2.24) is 19.7 Å². The Hall–Kier alpha value is -3.22. The molecule has 126 valence electrons. The molecule has 4 rings (SSSR count). The van der Waals surface area contributed by atoms with E-state index in [0.717, 1.165) is 5.69 Å². The van der Waals surface area contributed by atoms with Crippen LogP contribution in [-0.2, 0) is 0 Å². The Balaban J connectivity index is 1.54. The van der Waals surface area contributed by atoms with Crippen LogP contribution in [0.1, 0.15) is 6.42 Å². The van der Waals surface area contributed by atoms with Crippen molar-refractivity contribution >= 4 is 0 Å². The molecule has 0 saturated carbocycles. The standard InChI is InChI=1S/C18H15FN4O2/c19-14-2-1-3-17(14)25-18-7-6-15(21-22-18)13-5-4-12(10-16(13)24)23-9-8-20-11-23/h1-2,4-11,14,17,24H,3H2/t14-,17-/m0/s1. The Bertz CT molecular complexity index is 894. The van der Waals surface area contributed by atoms with E-state index in [1.54, 1.807) is 53.6 Å². The van der Waals surface area contributed by atoms with Gasteiger partial charge in [0.25, 0.3) is 0 Å². The molecule has 0 saturated heterocycles. The third kappa shape index (κ3) is 3.08. The van der Waals surface area contributed by atoms with E-state index >= 15 is 0 Å². The number of alkyl halides is 1. The van der Waals surface area contributed by atoms with Gasteiger partial charge < -0.3 is 14.4 Å². The minimum Gasteiger partial charge on any atom is -0.507 e. The minimum atomic E-state index is -1.12. The maximum absolute atomic E-state index is 13.5. The topological polar surface area (TPSA) is 73.1 Å². The fourth-order valence-electron chi connectivity index (χ4n) is 2.70. The van der Waals surface area contributed by atoms with Crippen molar-refractivity contribution in [3.63, 3.8) is 0 Å². The number of hydrogen-bond acceptors (Lipinski definition) is 5. The molecular weight excluding hydrogens is 323 g/mol. The first kappa shape index (κ1) is 15.3. The van der Waals surface area contributed by atoms with E-state index in [0.29, 0.717) is 17.7 Å². The van der Waals surface area contributed by atoms with E-state index in [2.05, 4.69) is 15.2 Å². The van der Waals surface area contributed by atoms with Gasteiger partial charge in [-0.25, -0.2) is 9.37 Å². The molecule has 0 aliphatic heterocycles. The molecular formula is C18H15FN4O2. The molecule has 1 aliphatic rings. The predicted octanol–water partition coefficient (Wildman–Crippen LogP) is 3.08. The third-order valence-electron chi connectivity index (χ3n) is 4.02. The van der Waals surface area contributed by atoms with Gasteiger partial charge in [0.2, 0.25) is 5.88 Å². The van der Waals surface area contributed by atoms with Gasteiger partial charge in [-0.15, -0.1) is 10.2 Å². The number of halogens is 1. The zero-order chi connectivity index (χ0) is 17.2. The lowest BCUT2D eigenvalue weighted by molar-refractivity contribution is 0.132. The highest BCUT2D eigenvalue weighted by molar-refractivity contribution is 5.68. The number of hydrogen-bond donors (Lipinski definition) is 1. The van der Waals surface area contributed by atoms with Gasteiger partial charge in [-0.1, -0.05) is 12.2 Å². The Morgan fingerprint density at radius 1 is 1.20 bits per heavy atom. The first-order chi connectivity index (χ1) is 12.2. The lowest BCUT2D eigenvalue weighted by Gasteiger charge is -2.14. The highest BCUT2D eigenvalue weighted by Crippen LogP contribution is 2.30. The van der Waals surface area contributed by atoms with Gasteiger partial charge in [-0.2, -0.15) is 0 Å². The molecule has 25 heavy (non-hydrogen) atoms. The van der Waals surface area contributed by atoms with Crippen LogP contribution in [0.3, 0.4) is 0 Å². The number of ether oxygens (including phenoxy) is 1. The van der Waals surface area contributed by atoms with Crippen LogP contribution in [0.4, 0.5) is 4.39 Å². The lowest BCUT2D eigenvalue weighted by atomic mass is 10.1. The summed E-state index contributed by atoms with van der Waals surface area (Å²) in [7, 11) is 0. The van der Waals surface area contributed by atoms with E-state index < -0.39 is 12.3 Å². The molecule has 0 bridgehead atoms. The summed E-state index contributed by atoms with van der Waals surface area (Å²) in [6.45, 7) is 0. The van der Waals surface area contributed by atoms with E-state index in [-0.39, 0.29) is 11.6 Å². The monoisotopic (exact) mass is 338 g/mol. The number of benzene rings is 1. The summed E-state index contributed by atoms with van der Waals surface area (Å²) in [4.78, 5) is 3.98. The fourth-order valence-corrected chi connectivity index (χ4v) is 2.70. The van der Waals surface area contributed by atoms with Gasteiger partial charge in [0.15, 0.2) is 6.17 Å². The van der Waals surface area contributed by atoms with Crippen LogP contribution in [0.15, 0.2) is 61.2 Å². The second kappa shape index (κ2) is 6.35. The molecule has 0 amide bonds. The predicted molar refractivity (Wildman–Crippen MR) is 89.3 cm³/mol. The minimum absolute atomic E-state index is 0.0815. The number of phenols is 1. The van der Waals surface area contributed by atoms with Crippen molar-refractivity contribution in [2.45, 2.75) is 18.7 Å². The van der Waals surface area contributed by atoms with E-state index in [9.17, 15) is 9.50 Å². The van der Waals surface area contributed by atoms with Crippen molar-refractivity contribution in [1.29, 1.82) is 0 Å². The van der Waals surface area contributed by atoms with E-state index in [4.69, 9.17) is 4.74 Å². The zero-order valence-electron chi connectivity index (χ0n) is 13.2. The molecule has 2 heterocycles. The van der Waals surface area contributed by atoms with Gasteiger partial charge in [0, 0.05) is 36.5 Å². The van der Waals surface area contributed by atoms with Crippen LogP contribution in [0, 0.1) is 0 Å². The maximum Gasteiger partial charge on any atom is 0.233 e. The molecule has 0 fully saturated rings. The second-order valence-corrected chi connectivity index (χ2v) is 5.69. The molecule has 3 aromatic rings. The number of nitrogens with zero attached hydrogens (tertiary/aromatic N) is 4. The van der Waals surface area contributed by atoms with Crippen molar-refractivity contribution < 1.29 is 14.2 Å². The lowest BCUT2D eigenvalue weighted by Crippen LogP contribution is -2.23. The largest absolute Gasteiger partial charge is 0.507 e. The number of aromatic hydroxyl groups is 1. The molecule has 1 N–H and O–H groups in total. The summed E-state index contributed by atoms with van der Waals surface area (Å²) in [5.74, 6) is 0.340. The number of aromatic nitrogens is 4. The van der Waals surface area contributed by atoms with Crippen molar-refractivity contribution in [3.05, 3.63) is 61.2 Å². The quantitative estimate of drug-likeness (QED) is 0.740. The van der Waals surface area contributed by atoms with Crippen LogP contribution in [-0.4, -0.2) is 37.1 Å². The summed E-state index contributed by atoms with van der Waals surface area (Å²) in [6, 6.07) is 8.54. The highest BCUT2D eigenvalue weighted by Gasteiger charge is 2.24. The van der Waals surface area contributed by atoms with E-state index in [1.165, 1.54) is 6.08 Å². The Morgan fingerprint density at radius 3 is 2.76 bits per heavy atom. The Kier molecular flexibility index (Phi) is 3.89. The number of phenolic OH excluding ortho intramolecular Hbond substituents is 1. The maximum atomic E-state index is 13.5. The molecule has 1 aliphatic carbocycles. The molecule has 2 aromatic heterocycles. The van der Waals surface area contributed by atoms with Crippen LogP contribution in [0.25, 0.3) is 16.9 Å². The van der Waals surface area contributed by atoms with Gasteiger partial charge in [0.05, 0.1) is 17.7 Å². The Morgan fingerprint density at radius 2 is 2.12 bits per heavy atom. The Labute approximate surface area is 143 Å². The molecule has 6 nitrogen and oxygen atoms in total. The average molecular weight is 338 g/mol. The van der Waals surface area contributed by atoms with Crippen molar-refractivity contribution in [2.75, 3.05) is 0 Å². The molecule has 0 unspecified atom stereocenters. The van der Waals surface area contributed by atoms with Crippen LogP contribution in [0.2, 0.25) is 0 Å².